The van der Waals surface area contributed by atoms with Crippen LogP contribution in [-0.2, 0) is 0 Å². The summed E-state index contributed by atoms with van der Waals surface area (Å²) in [4.78, 5) is 2.66. The van der Waals surface area contributed by atoms with Gasteiger partial charge in [0.05, 0.1) is 4.47 Å². The third-order valence-electron chi connectivity index (χ3n) is 1.74. The minimum absolute atomic E-state index is 0.223. The maximum atomic E-state index is 9.26. The number of nitrogens with zero attached hydrogens (tertiary/aromatic N) is 3. The molecule has 0 aliphatic heterocycles. The van der Waals surface area contributed by atoms with Crippen molar-refractivity contribution in [1.82, 2.24) is 0 Å². The topological polar surface area (TPSA) is 69.0 Å². The van der Waals surface area contributed by atoms with Crippen LogP contribution in [0.5, 0.6) is 5.75 Å². The molecule has 0 saturated carbocycles. The smallest absolute Gasteiger partial charge is 0.129 e. The summed E-state index contributed by atoms with van der Waals surface area (Å²) >= 11 is 3.23. The van der Waals surface area contributed by atoms with Gasteiger partial charge in [-0.15, -0.1) is 0 Å². The largest absolute Gasteiger partial charge is 0.507 e. The summed E-state index contributed by atoms with van der Waals surface area (Å²) in [5.74, 6) is 0.223. The van der Waals surface area contributed by atoms with Crippen LogP contribution >= 0.6 is 15.9 Å². The molecule has 78 valence electrons. The van der Waals surface area contributed by atoms with E-state index in [1.165, 1.54) is 0 Å². The lowest BCUT2D eigenvalue weighted by atomic mass is 10.2. The Balaban J connectivity index is 2.56. The maximum Gasteiger partial charge on any atom is 0.129 e. The summed E-state index contributed by atoms with van der Waals surface area (Å²) in [6.07, 6.45) is 4.55. The van der Waals surface area contributed by atoms with E-state index in [4.69, 9.17) is 5.53 Å². The predicted molar refractivity (Wildman–Crippen MR) is 63.5 cm³/mol. The average Bonchev–Trinajstić information content (AvgIpc) is 2.23. The molecule has 0 radical (unpaired) electrons. The first-order valence-corrected chi connectivity index (χ1v) is 5.19. The van der Waals surface area contributed by atoms with E-state index < -0.39 is 0 Å². The van der Waals surface area contributed by atoms with Gasteiger partial charge in [-0.25, -0.2) is 0 Å². The minimum atomic E-state index is 0.223. The molecule has 0 aromatic heterocycles. The van der Waals surface area contributed by atoms with Crippen molar-refractivity contribution in [1.29, 1.82) is 0 Å². The third-order valence-corrected chi connectivity index (χ3v) is 2.38. The number of aromatic hydroxyl groups is 1. The molecule has 1 N–H and O–H groups in total. The highest BCUT2D eigenvalue weighted by molar-refractivity contribution is 9.10. The second kappa shape index (κ2) is 6.11. The zero-order chi connectivity index (χ0) is 11.1. The van der Waals surface area contributed by atoms with Crippen molar-refractivity contribution >= 4 is 22.0 Å². The molecule has 0 aliphatic carbocycles. The van der Waals surface area contributed by atoms with Crippen molar-refractivity contribution < 1.29 is 5.11 Å². The van der Waals surface area contributed by atoms with E-state index in [1.54, 1.807) is 6.07 Å². The Bertz CT molecular complexity index is 411. The number of hydrogen-bond acceptors (Lipinski definition) is 2. The molecule has 0 fully saturated rings. The summed E-state index contributed by atoms with van der Waals surface area (Å²) < 4.78 is 0.666. The van der Waals surface area contributed by atoms with Gasteiger partial charge in [-0.05, 0) is 45.6 Å². The molecule has 0 saturated heterocycles. The van der Waals surface area contributed by atoms with Crippen LogP contribution in [0, 0.1) is 0 Å². The molecule has 0 unspecified atom stereocenters. The van der Waals surface area contributed by atoms with Gasteiger partial charge in [0.2, 0.25) is 0 Å². The molecule has 0 heterocycles. The number of halogens is 1. The number of rotatable bonds is 4. The molecule has 1 rings (SSSR count). The van der Waals surface area contributed by atoms with E-state index in [9.17, 15) is 5.11 Å². The first-order chi connectivity index (χ1) is 7.24. The number of benzene rings is 1. The quantitative estimate of drug-likeness (QED) is 0.383. The Labute approximate surface area is 96.0 Å². The van der Waals surface area contributed by atoms with Crippen LogP contribution < -0.4 is 0 Å². The number of phenolic OH excluding ortho intramolecular Hbond substituents is 1. The molecule has 0 bridgehead atoms. The molecule has 1 aromatic carbocycles. The van der Waals surface area contributed by atoms with E-state index in [2.05, 4.69) is 26.0 Å². The first-order valence-electron chi connectivity index (χ1n) is 4.40. The van der Waals surface area contributed by atoms with E-state index in [0.29, 0.717) is 17.4 Å². The molecule has 1 aromatic rings. The lowest BCUT2D eigenvalue weighted by Gasteiger charge is -1.97. The Morgan fingerprint density at radius 3 is 3.00 bits per heavy atom. The Hall–Kier alpha value is -1.45. The zero-order valence-corrected chi connectivity index (χ0v) is 9.55. The van der Waals surface area contributed by atoms with Gasteiger partial charge in [-0.2, -0.15) is 0 Å². The van der Waals surface area contributed by atoms with E-state index in [1.807, 2.05) is 24.3 Å². The average molecular weight is 268 g/mol. The van der Waals surface area contributed by atoms with Crippen LogP contribution in [0.25, 0.3) is 16.5 Å². The monoisotopic (exact) mass is 267 g/mol. The second-order valence-corrected chi connectivity index (χ2v) is 3.71. The lowest BCUT2D eigenvalue weighted by molar-refractivity contribution is 0.472. The first kappa shape index (κ1) is 11.6. The van der Waals surface area contributed by atoms with Gasteiger partial charge in [0.1, 0.15) is 5.75 Å². The van der Waals surface area contributed by atoms with E-state index in [0.717, 1.165) is 5.56 Å². The van der Waals surface area contributed by atoms with Crippen LogP contribution in [0.2, 0.25) is 0 Å². The van der Waals surface area contributed by atoms with Crippen molar-refractivity contribution in [3.63, 3.8) is 0 Å². The summed E-state index contributed by atoms with van der Waals surface area (Å²) in [6, 6.07) is 5.25. The van der Waals surface area contributed by atoms with Gasteiger partial charge in [0.15, 0.2) is 0 Å². The second-order valence-electron chi connectivity index (χ2n) is 2.86. The summed E-state index contributed by atoms with van der Waals surface area (Å²) in [5, 5.41) is 12.7. The van der Waals surface area contributed by atoms with Crippen LogP contribution in [0.3, 0.4) is 0 Å². The van der Waals surface area contributed by atoms with E-state index in [-0.39, 0.29) is 5.75 Å². The SMILES string of the molecule is [N-]=[N+]=NCCC=Cc1ccc(O)c(Br)c1. The normalized spacial score (nSPS) is 10.2. The molecular weight excluding hydrogens is 258 g/mol. The van der Waals surface area contributed by atoms with Crippen molar-refractivity contribution in [2.45, 2.75) is 6.42 Å². The fourth-order valence-electron chi connectivity index (χ4n) is 1.02. The van der Waals surface area contributed by atoms with Crippen molar-refractivity contribution in [3.05, 3.63) is 44.8 Å². The molecule has 0 atom stereocenters. The number of phenols is 1. The maximum absolute atomic E-state index is 9.26. The molecule has 4 nitrogen and oxygen atoms in total. The molecule has 0 aliphatic rings. The van der Waals surface area contributed by atoms with Gasteiger partial charge in [-0.3, -0.25) is 0 Å². The van der Waals surface area contributed by atoms with Crippen molar-refractivity contribution in [2.24, 2.45) is 5.11 Å². The van der Waals surface area contributed by atoms with Crippen LogP contribution in [0.4, 0.5) is 0 Å². The number of hydrogen-bond donors (Lipinski definition) is 1. The van der Waals surface area contributed by atoms with Gasteiger partial charge >= 0.3 is 0 Å². The lowest BCUT2D eigenvalue weighted by Crippen LogP contribution is -1.75. The standard InChI is InChI=1S/C10H10BrN3O/c11-9-7-8(4-5-10(9)15)3-1-2-6-13-14-12/h1,3-5,7,15H,2,6H2. The van der Waals surface area contributed by atoms with Crippen LogP contribution in [0.15, 0.2) is 33.9 Å². The fourth-order valence-corrected chi connectivity index (χ4v) is 1.42. The molecule has 0 amide bonds. The van der Waals surface area contributed by atoms with Crippen LogP contribution in [-0.4, -0.2) is 11.7 Å². The van der Waals surface area contributed by atoms with Crippen molar-refractivity contribution in [3.8, 4) is 5.75 Å². The predicted octanol–water partition coefficient (Wildman–Crippen LogP) is 3.87. The Kier molecular flexibility index (Phi) is 4.74. The highest BCUT2D eigenvalue weighted by atomic mass is 79.9. The highest BCUT2D eigenvalue weighted by Crippen LogP contribution is 2.24. The number of azide groups is 1. The molecule has 0 spiro atoms. The van der Waals surface area contributed by atoms with Gasteiger partial charge in [0, 0.05) is 11.5 Å². The van der Waals surface area contributed by atoms with Crippen LogP contribution in [0.1, 0.15) is 12.0 Å². The summed E-state index contributed by atoms with van der Waals surface area (Å²) in [5.41, 5.74) is 9.04. The van der Waals surface area contributed by atoms with Gasteiger partial charge in [0.25, 0.3) is 0 Å². The van der Waals surface area contributed by atoms with Crippen molar-refractivity contribution in [2.75, 3.05) is 6.54 Å². The summed E-state index contributed by atoms with van der Waals surface area (Å²) in [7, 11) is 0. The molecule has 15 heavy (non-hydrogen) atoms. The zero-order valence-electron chi connectivity index (χ0n) is 7.97. The minimum Gasteiger partial charge on any atom is -0.507 e. The molecule has 5 heteroatoms. The Morgan fingerprint density at radius 2 is 2.33 bits per heavy atom. The molecular formula is C10H10BrN3O. The van der Waals surface area contributed by atoms with E-state index >= 15 is 0 Å². The van der Waals surface area contributed by atoms with Gasteiger partial charge < -0.3 is 5.11 Å². The third kappa shape index (κ3) is 4.06. The summed E-state index contributed by atoms with van der Waals surface area (Å²) in [6.45, 7) is 0.465. The highest BCUT2D eigenvalue weighted by Gasteiger charge is 1.95. The Morgan fingerprint density at radius 1 is 1.53 bits per heavy atom. The fraction of sp³-hybridized carbons (Fsp3) is 0.200. The van der Waals surface area contributed by atoms with Gasteiger partial charge in [-0.1, -0.05) is 23.3 Å².